The van der Waals surface area contributed by atoms with Crippen LogP contribution in [0.4, 0.5) is 0 Å². The van der Waals surface area contributed by atoms with E-state index in [4.69, 9.17) is 14.6 Å². The van der Waals surface area contributed by atoms with Crippen LogP contribution in [0.3, 0.4) is 0 Å². The minimum atomic E-state index is -0.848. The molecule has 0 aliphatic carbocycles. The molecule has 4 heteroatoms. The largest absolute Gasteiger partial charge is 0.394 e. The Morgan fingerprint density at radius 1 is 1.29 bits per heavy atom. The van der Waals surface area contributed by atoms with Gasteiger partial charge in [-0.1, -0.05) is 6.08 Å². The standard InChI is InChI=1S/C10H20O4/c1-3-4-10(2,12)9-14-8-7-13-6-5-11/h3,11-12H,1,4-9H2,2H3. The van der Waals surface area contributed by atoms with E-state index >= 15 is 0 Å². The van der Waals surface area contributed by atoms with Crippen molar-refractivity contribution in [1.82, 2.24) is 0 Å². The lowest BCUT2D eigenvalue weighted by Gasteiger charge is -2.21. The number of rotatable bonds is 9. The van der Waals surface area contributed by atoms with E-state index in [0.29, 0.717) is 26.2 Å². The second-order valence-corrected chi connectivity index (χ2v) is 3.38. The number of ether oxygens (including phenoxy) is 2. The van der Waals surface area contributed by atoms with Gasteiger partial charge in [-0.3, -0.25) is 0 Å². The molecule has 0 amide bonds. The van der Waals surface area contributed by atoms with E-state index in [1.54, 1.807) is 13.0 Å². The van der Waals surface area contributed by atoms with Gasteiger partial charge in [0.25, 0.3) is 0 Å². The molecule has 0 saturated carbocycles. The monoisotopic (exact) mass is 204 g/mol. The van der Waals surface area contributed by atoms with Crippen molar-refractivity contribution in [3.63, 3.8) is 0 Å². The Morgan fingerprint density at radius 2 is 1.93 bits per heavy atom. The van der Waals surface area contributed by atoms with Gasteiger partial charge in [-0.2, -0.15) is 0 Å². The van der Waals surface area contributed by atoms with Gasteiger partial charge in [-0.15, -0.1) is 6.58 Å². The maximum atomic E-state index is 9.64. The Kier molecular flexibility index (Phi) is 7.70. The molecule has 4 nitrogen and oxygen atoms in total. The van der Waals surface area contributed by atoms with Gasteiger partial charge in [0, 0.05) is 0 Å². The van der Waals surface area contributed by atoms with Crippen LogP contribution in [0.25, 0.3) is 0 Å². The fourth-order valence-electron chi connectivity index (χ4n) is 0.946. The van der Waals surface area contributed by atoms with E-state index in [-0.39, 0.29) is 13.2 Å². The van der Waals surface area contributed by atoms with Gasteiger partial charge in [0.2, 0.25) is 0 Å². The Labute approximate surface area is 85.1 Å². The van der Waals surface area contributed by atoms with Crippen LogP contribution in [0.5, 0.6) is 0 Å². The third kappa shape index (κ3) is 8.19. The van der Waals surface area contributed by atoms with Gasteiger partial charge in [-0.25, -0.2) is 0 Å². The van der Waals surface area contributed by atoms with Crippen LogP contribution in [0.1, 0.15) is 13.3 Å². The Hall–Kier alpha value is -0.420. The molecule has 0 heterocycles. The highest BCUT2D eigenvalue weighted by atomic mass is 16.5. The Balaban J connectivity index is 3.30. The summed E-state index contributed by atoms with van der Waals surface area (Å²) in [6.45, 7) is 6.72. The number of aliphatic hydroxyl groups excluding tert-OH is 1. The molecule has 1 unspecified atom stereocenters. The predicted molar refractivity (Wildman–Crippen MR) is 54.2 cm³/mol. The third-order valence-corrected chi connectivity index (χ3v) is 1.60. The van der Waals surface area contributed by atoms with Crippen LogP contribution < -0.4 is 0 Å². The highest BCUT2D eigenvalue weighted by molar-refractivity contribution is 4.82. The molecule has 0 aromatic rings. The first-order valence-electron chi connectivity index (χ1n) is 4.72. The summed E-state index contributed by atoms with van der Waals surface area (Å²) in [6, 6.07) is 0. The summed E-state index contributed by atoms with van der Waals surface area (Å²) in [6.07, 6.45) is 2.16. The van der Waals surface area contributed by atoms with E-state index in [9.17, 15) is 5.11 Å². The summed E-state index contributed by atoms with van der Waals surface area (Å²) < 4.78 is 10.2. The van der Waals surface area contributed by atoms with Gasteiger partial charge in [-0.05, 0) is 13.3 Å². The SMILES string of the molecule is C=CCC(C)(O)COCCOCCO. The summed E-state index contributed by atoms with van der Waals surface area (Å²) in [5.41, 5.74) is -0.848. The predicted octanol–water partition coefficient (Wildman–Crippen LogP) is 0.339. The smallest absolute Gasteiger partial charge is 0.0886 e. The molecule has 0 bridgehead atoms. The van der Waals surface area contributed by atoms with Crippen LogP contribution >= 0.6 is 0 Å². The first kappa shape index (κ1) is 13.6. The molecule has 1 atom stereocenters. The molecule has 2 N–H and O–H groups in total. The van der Waals surface area contributed by atoms with Crippen molar-refractivity contribution in [2.75, 3.05) is 33.0 Å². The van der Waals surface area contributed by atoms with Gasteiger partial charge in [0.05, 0.1) is 38.6 Å². The highest BCUT2D eigenvalue weighted by Crippen LogP contribution is 2.09. The summed E-state index contributed by atoms with van der Waals surface area (Å²) in [5.74, 6) is 0. The first-order valence-corrected chi connectivity index (χ1v) is 4.72. The molecule has 0 aromatic carbocycles. The molecular weight excluding hydrogens is 184 g/mol. The van der Waals surface area contributed by atoms with E-state index < -0.39 is 5.60 Å². The van der Waals surface area contributed by atoms with E-state index in [1.165, 1.54) is 0 Å². The molecule has 0 fully saturated rings. The highest BCUT2D eigenvalue weighted by Gasteiger charge is 2.17. The third-order valence-electron chi connectivity index (χ3n) is 1.60. The zero-order chi connectivity index (χ0) is 10.9. The van der Waals surface area contributed by atoms with Crippen molar-refractivity contribution >= 4 is 0 Å². The van der Waals surface area contributed by atoms with Crippen LogP contribution in [0, 0.1) is 0 Å². The molecule has 14 heavy (non-hydrogen) atoms. The fraction of sp³-hybridized carbons (Fsp3) is 0.800. The van der Waals surface area contributed by atoms with Crippen LogP contribution in [0.2, 0.25) is 0 Å². The van der Waals surface area contributed by atoms with Gasteiger partial charge < -0.3 is 19.7 Å². The second kappa shape index (κ2) is 7.94. The summed E-state index contributed by atoms with van der Waals surface area (Å²) in [5, 5.41) is 18.0. The van der Waals surface area contributed by atoms with Gasteiger partial charge >= 0.3 is 0 Å². The normalized spacial score (nSPS) is 15.1. The molecule has 84 valence electrons. The molecular formula is C10H20O4. The Morgan fingerprint density at radius 3 is 2.50 bits per heavy atom. The van der Waals surface area contributed by atoms with Gasteiger partial charge in [0.15, 0.2) is 0 Å². The van der Waals surface area contributed by atoms with E-state index in [2.05, 4.69) is 6.58 Å². The molecule has 0 aliphatic rings. The number of hydrogen-bond acceptors (Lipinski definition) is 4. The quantitative estimate of drug-likeness (QED) is 0.420. The van der Waals surface area contributed by atoms with Crippen LogP contribution in [0.15, 0.2) is 12.7 Å². The van der Waals surface area contributed by atoms with Crippen molar-refractivity contribution in [2.24, 2.45) is 0 Å². The molecule has 0 rings (SSSR count). The second-order valence-electron chi connectivity index (χ2n) is 3.38. The average Bonchev–Trinajstić information content (AvgIpc) is 2.11. The molecule has 0 spiro atoms. The Bertz CT molecular complexity index is 145. The van der Waals surface area contributed by atoms with Crippen LogP contribution in [-0.2, 0) is 9.47 Å². The minimum absolute atomic E-state index is 0.0220. The molecule has 0 radical (unpaired) electrons. The van der Waals surface area contributed by atoms with Crippen LogP contribution in [-0.4, -0.2) is 48.8 Å². The lowest BCUT2D eigenvalue weighted by atomic mass is 10.0. The molecule has 0 saturated heterocycles. The van der Waals surface area contributed by atoms with Crippen molar-refractivity contribution in [1.29, 1.82) is 0 Å². The van der Waals surface area contributed by atoms with Crippen molar-refractivity contribution in [3.05, 3.63) is 12.7 Å². The summed E-state index contributed by atoms with van der Waals surface area (Å²) in [4.78, 5) is 0. The van der Waals surface area contributed by atoms with E-state index in [0.717, 1.165) is 0 Å². The zero-order valence-corrected chi connectivity index (χ0v) is 8.74. The molecule has 0 aromatic heterocycles. The maximum Gasteiger partial charge on any atom is 0.0886 e. The lowest BCUT2D eigenvalue weighted by molar-refractivity contribution is -0.0476. The molecule has 0 aliphatic heterocycles. The van der Waals surface area contributed by atoms with Crippen molar-refractivity contribution in [3.8, 4) is 0 Å². The minimum Gasteiger partial charge on any atom is -0.394 e. The average molecular weight is 204 g/mol. The first-order chi connectivity index (χ1) is 6.62. The fourth-order valence-corrected chi connectivity index (χ4v) is 0.946. The summed E-state index contributed by atoms with van der Waals surface area (Å²) in [7, 11) is 0. The number of hydrogen-bond donors (Lipinski definition) is 2. The number of aliphatic hydroxyl groups is 2. The van der Waals surface area contributed by atoms with Gasteiger partial charge in [0.1, 0.15) is 0 Å². The lowest BCUT2D eigenvalue weighted by Crippen LogP contribution is -2.30. The topological polar surface area (TPSA) is 58.9 Å². The zero-order valence-electron chi connectivity index (χ0n) is 8.74. The maximum absolute atomic E-state index is 9.64. The van der Waals surface area contributed by atoms with E-state index in [1.807, 2.05) is 0 Å². The summed E-state index contributed by atoms with van der Waals surface area (Å²) >= 11 is 0. The van der Waals surface area contributed by atoms with Crippen molar-refractivity contribution < 1.29 is 19.7 Å². The van der Waals surface area contributed by atoms with Crippen molar-refractivity contribution in [2.45, 2.75) is 18.9 Å².